The topological polar surface area (TPSA) is 118 Å². The number of carbonyl (C=O) groups excluding carboxylic acids is 2. The fourth-order valence-electron chi connectivity index (χ4n) is 8.57. The van der Waals surface area contributed by atoms with E-state index < -0.39 is 0 Å². The number of likely N-dealkylation sites (tertiary alicyclic amines) is 2. The maximum absolute atomic E-state index is 11.9. The first-order valence-corrected chi connectivity index (χ1v) is 17.9. The lowest BCUT2D eigenvalue weighted by atomic mass is 9.60. The molecule has 2 amide bonds. The Bertz CT molecular complexity index is 1600. The van der Waals surface area contributed by atoms with E-state index in [4.69, 9.17) is 39.4 Å². The number of carbonyl (C=O) groups is 2. The van der Waals surface area contributed by atoms with Gasteiger partial charge in [-0.15, -0.1) is 0 Å². The van der Waals surface area contributed by atoms with E-state index in [-0.39, 0.29) is 28.4 Å². The number of amides is 2. The van der Waals surface area contributed by atoms with Gasteiger partial charge in [-0.1, -0.05) is 29.8 Å². The summed E-state index contributed by atoms with van der Waals surface area (Å²) in [6, 6.07) is 1.85. The fourth-order valence-corrected chi connectivity index (χ4v) is 9.03. The SMILES string of the molecule is C=CC(=O)N1CC2(CC(n3nc(N4CCCCC4(C)C)c(-c4c(Cl)c(Cl)cc(N)c4C=N)c3C)C2)C1.CN(C)CC1(N(C)C=O)CN(C)C1. The average Bonchev–Trinajstić information content (AvgIpc) is 3.31. The van der Waals surface area contributed by atoms with E-state index in [1.807, 2.05) is 26.0 Å². The van der Waals surface area contributed by atoms with Crippen molar-refractivity contribution in [2.45, 2.75) is 70.0 Å². The monoisotopic (exact) mass is 713 g/mol. The Morgan fingerprint density at radius 2 is 1.80 bits per heavy atom. The molecule has 0 radical (unpaired) electrons. The molecule has 1 aromatic carbocycles. The highest BCUT2D eigenvalue weighted by Crippen LogP contribution is 2.56. The van der Waals surface area contributed by atoms with Crippen LogP contribution in [0.2, 0.25) is 10.0 Å². The fraction of sp³-hybridized carbons (Fsp3) is 0.611. The highest BCUT2D eigenvalue weighted by atomic mass is 35.5. The van der Waals surface area contributed by atoms with Crippen LogP contribution in [0.15, 0.2) is 18.7 Å². The largest absolute Gasteiger partial charge is 0.398 e. The first-order valence-electron chi connectivity index (χ1n) is 17.1. The van der Waals surface area contributed by atoms with Crippen molar-refractivity contribution in [2.24, 2.45) is 5.41 Å². The second-order valence-electron chi connectivity index (χ2n) is 15.7. The Morgan fingerprint density at radius 3 is 2.33 bits per heavy atom. The molecule has 13 heteroatoms. The molecule has 4 heterocycles. The number of aromatic nitrogens is 2. The second kappa shape index (κ2) is 13.9. The van der Waals surface area contributed by atoms with Gasteiger partial charge in [0, 0.05) is 91.6 Å². The van der Waals surface area contributed by atoms with Crippen molar-refractivity contribution >= 4 is 53.2 Å². The van der Waals surface area contributed by atoms with Crippen LogP contribution in [-0.4, -0.2) is 126 Å². The standard InChI is InChI=1S/C27H34Cl2N6O.C9H19N3O/c1-5-21(36)33-14-27(15-33)11-17(12-27)35-16(2)22(23-18(13-30)20(31)10-19(28)24(23)29)25(32-35)34-9-7-6-8-26(34,3)4;1-10(2)5-9(12(4)8-13)6-11(3)7-9/h5,10,13,17,30H,1,6-9,11-12,14-15,31H2,2-4H3;8H,5-7H2,1-4H3. The van der Waals surface area contributed by atoms with Gasteiger partial charge in [0.15, 0.2) is 5.82 Å². The first kappa shape index (κ1) is 37.1. The molecule has 1 spiro atoms. The molecule has 1 aromatic heterocycles. The predicted octanol–water partition coefficient (Wildman–Crippen LogP) is 5.18. The predicted molar refractivity (Wildman–Crippen MR) is 200 cm³/mol. The van der Waals surface area contributed by atoms with Gasteiger partial charge in [0.2, 0.25) is 12.3 Å². The van der Waals surface area contributed by atoms with Crippen molar-refractivity contribution in [1.82, 2.24) is 29.4 Å². The summed E-state index contributed by atoms with van der Waals surface area (Å²) in [6.07, 6.45) is 8.87. The van der Waals surface area contributed by atoms with Crippen LogP contribution in [-0.2, 0) is 9.59 Å². The van der Waals surface area contributed by atoms with Crippen molar-refractivity contribution in [2.75, 3.05) is 78.1 Å². The highest BCUT2D eigenvalue weighted by molar-refractivity contribution is 6.44. The molecule has 49 heavy (non-hydrogen) atoms. The minimum Gasteiger partial charge on any atom is -0.398 e. The van der Waals surface area contributed by atoms with Crippen LogP contribution in [0.25, 0.3) is 11.1 Å². The van der Waals surface area contributed by atoms with Crippen molar-refractivity contribution in [3.05, 3.63) is 40.0 Å². The van der Waals surface area contributed by atoms with E-state index in [1.165, 1.54) is 18.7 Å². The Kier molecular flexibility index (Phi) is 10.5. The van der Waals surface area contributed by atoms with E-state index in [9.17, 15) is 9.59 Å². The van der Waals surface area contributed by atoms with Crippen molar-refractivity contribution < 1.29 is 9.59 Å². The van der Waals surface area contributed by atoms with Crippen LogP contribution in [0.4, 0.5) is 11.5 Å². The molecule has 0 unspecified atom stereocenters. The summed E-state index contributed by atoms with van der Waals surface area (Å²) in [5, 5.41) is 14.1. The third-order valence-corrected chi connectivity index (χ3v) is 11.9. The Labute approximate surface area is 301 Å². The van der Waals surface area contributed by atoms with Crippen LogP contribution in [0.1, 0.15) is 63.3 Å². The summed E-state index contributed by atoms with van der Waals surface area (Å²) in [5.41, 5.74) is 10.0. The van der Waals surface area contributed by atoms with Gasteiger partial charge in [-0.3, -0.25) is 14.3 Å². The Hall–Kier alpha value is -3.12. The van der Waals surface area contributed by atoms with E-state index in [2.05, 4.69) is 53.8 Å². The molecule has 268 valence electrons. The molecule has 1 saturated carbocycles. The van der Waals surface area contributed by atoms with Gasteiger partial charge in [0.05, 0.1) is 21.6 Å². The van der Waals surface area contributed by atoms with Crippen molar-refractivity contribution in [3.8, 4) is 11.1 Å². The number of piperidine rings is 1. The molecule has 3 saturated heterocycles. The lowest BCUT2D eigenvalue weighted by Gasteiger charge is -2.58. The third-order valence-electron chi connectivity index (χ3n) is 11.1. The molecule has 1 aliphatic carbocycles. The van der Waals surface area contributed by atoms with Crippen LogP contribution in [0.3, 0.4) is 0 Å². The zero-order valence-electron chi connectivity index (χ0n) is 30.2. The molecule has 0 atom stereocenters. The zero-order chi connectivity index (χ0) is 36.1. The number of benzene rings is 1. The van der Waals surface area contributed by atoms with Gasteiger partial charge in [-0.2, -0.15) is 5.10 Å². The summed E-state index contributed by atoms with van der Waals surface area (Å²) < 4.78 is 2.14. The normalized spacial score (nSPS) is 20.9. The minimum absolute atomic E-state index is 0.00334. The quantitative estimate of drug-likeness (QED) is 0.159. The van der Waals surface area contributed by atoms with Crippen molar-refractivity contribution in [3.63, 3.8) is 0 Å². The summed E-state index contributed by atoms with van der Waals surface area (Å²) >= 11 is 13.3. The van der Waals surface area contributed by atoms with E-state index in [0.717, 1.165) is 88.4 Å². The first-order chi connectivity index (χ1) is 23.0. The Balaban J connectivity index is 0.000000304. The van der Waals surface area contributed by atoms with E-state index in [0.29, 0.717) is 26.9 Å². The van der Waals surface area contributed by atoms with Crippen LogP contribution < -0.4 is 10.6 Å². The van der Waals surface area contributed by atoms with E-state index in [1.54, 1.807) is 11.0 Å². The summed E-state index contributed by atoms with van der Waals surface area (Å²) in [7, 11) is 8.02. The van der Waals surface area contributed by atoms with Gasteiger partial charge < -0.3 is 35.6 Å². The number of hydrogen-bond donors (Lipinski definition) is 2. The molecule has 2 aromatic rings. The number of nitrogens with zero attached hydrogens (tertiary/aromatic N) is 7. The van der Waals surface area contributed by atoms with Crippen LogP contribution in [0.5, 0.6) is 0 Å². The smallest absolute Gasteiger partial charge is 0.245 e. The van der Waals surface area contributed by atoms with Gasteiger partial charge >= 0.3 is 0 Å². The molecule has 0 bridgehead atoms. The molecular weight excluding hydrogens is 661 g/mol. The molecule has 11 nitrogen and oxygen atoms in total. The maximum Gasteiger partial charge on any atom is 0.245 e. The van der Waals surface area contributed by atoms with Gasteiger partial charge in [0.1, 0.15) is 0 Å². The van der Waals surface area contributed by atoms with Gasteiger partial charge in [-0.25, -0.2) is 0 Å². The molecule has 3 N–H and O–H groups in total. The Morgan fingerprint density at radius 1 is 1.14 bits per heavy atom. The number of anilines is 2. The molecule has 4 fully saturated rings. The van der Waals surface area contributed by atoms with Crippen LogP contribution in [0, 0.1) is 17.7 Å². The number of nitrogens with one attached hydrogen (secondary N) is 1. The highest BCUT2D eigenvalue weighted by Gasteiger charge is 2.54. The summed E-state index contributed by atoms with van der Waals surface area (Å²) in [5.74, 6) is 0.880. The summed E-state index contributed by atoms with van der Waals surface area (Å²) in [6.45, 7) is 15.5. The lowest BCUT2D eigenvalue weighted by Crippen LogP contribution is -2.71. The number of hydrogen-bond acceptors (Lipinski definition) is 8. The minimum atomic E-state index is -0.0690. The number of likely N-dealkylation sites (N-methyl/N-ethyl adjacent to an activating group) is 3. The number of rotatable bonds is 9. The number of nitrogen functional groups attached to an aromatic ring is 1. The van der Waals surface area contributed by atoms with Gasteiger partial charge in [0.25, 0.3) is 0 Å². The van der Waals surface area contributed by atoms with Gasteiger partial charge in [-0.05, 0) is 86.2 Å². The van der Waals surface area contributed by atoms with Crippen molar-refractivity contribution in [1.29, 1.82) is 5.41 Å². The third kappa shape index (κ3) is 6.83. The molecule has 4 aliphatic rings. The number of halogens is 2. The maximum atomic E-state index is 11.9. The van der Waals surface area contributed by atoms with Crippen LogP contribution >= 0.6 is 23.2 Å². The lowest BCUT2D eigenvalue weighted by molar-refractivity contribution is -0.149. The zero-order valence-corrected chi connectivity index (χ0v) is 31.7. The average molecular weight is 715 g/mol. The van der Waals surface area contributed by atoms with E-state index >= 15 is 0 Å². The number of nitrogens with two attached hydrogens (primary N) is 1. The second-order valence-corrected chi connectivity index (χ2v) is 16.4. The molecule has 6 rings (SSSR count). The molecular formula is C36H53Cl2N9O2. The molecule has 3 aliphatic heterocycles. The summed E-state index contributed by atoms with van der Waals surface area (Å²) in [4.78, 5) is 33.1.